The fourth-order valence-electron chi connectivity index (χ4n) is 3.83. The second-order valence-corrected chi connectivity index (χ2v) is 9.61. The van der Waals surface area contributed by atoms with Crippen molar-refractivity contribution in [3.05, 3.63) is 65.7 Å². The summed E-state index contributed by atoms with van der Waals surface area (Å²) >= 11 is 0. The molecule has 2 aromatic rings. The molecule has 2 aromatic carbocycles. The van der Waals surface area contributed by atoms with Gasteiger partial charge in [-0.15, -0.1) is 0 Å². The molecule has 0 bridgehead atoms. The Labute approximate surface area is 183 Å². The molecule has 0 unspecified atom stereocenters. The van der Waals surface area contributed by atoms with Crippen LogP contribution in [0.25, 0.3) is 0 Å². The van der Waals surface area contributed by atoms with E-state index >= 15 is 0 Å². The third-order valence-corrected chi connectivity index (χ3v) is 6.05. The predicted molar refractivity (Wildman–Crippen MR) is 123 cm³/mol. The standard InChI is InChI=1S/C22H29N5O3S/c1-31(29,30)26-20(14-16-6-3-2-4-7-16)22(28)27-13-5-8-19(27)15-25-18-11-9-17(10-12-18)21(23)24/h2-4,6-7,9-12,19-20,25-26H,5,8,13-15H2,1H3,(H3,23,24)/t19-,20+/m0/s1. The van der Waals surface area contributed by atoms with Crippen LogP contribution in [0.5, 0.6) is 0 Å². The third kappa shape index (κ3) is 6.53. The van der Waals surface area contributed by atoms with Crippen LogP contribution in [0.1, 0.15) is 24.0 Å². The van der Waals surface area contributed by atoms with Gasteiger partial charge in [-0.3, -0.25) is 10.2 Å². The summed E-state index contributed by atoms with van der Waals surface area (Å²) in [5.74, 6) is -0.188. The number of carbonyl (C=O) groups excluding carboxylic acids is 1. The molecule has 1 heterocycles. The number of amides is 1. The molecule has 166 valence electrons. The van der Waals surface area contributed by atoms with Crippen LogP contribution in [-0.4, -0.2) is 56.5 Å². The summed E-state index contributed by atoms with van der Waals surface area (Å²) < 4.78 is 26.3. The fraction of sp³-hybridized carbons (Fsp3) is 0.364. The molecule has 31 heavy (non-hydrogen) atoms. The maximum Gasteiger partial charge on any atom is 0.241 e. The van der Waals surface area contributed by atoms with E-state index in [9.17, 15) is 13.2 Å². The van der Waals surface area contributed by atoms with Crippen molar-refractivity contribution < 1.29 is 13.2 Å². The number of rotatable bonds is 9. The Morgan fingerprint density at radius 3 is 2.48 bits per heavy atom. The molecule has 3 rings (SSSR count). The number of likely N-dealkylation sites (tertiary alicyclic amines) is 1. The van der Waals surface area contributed by atoms with Crippen molar-refractivity contribution in [2.24, 2.45) is 5.73 Å². The van der Waals surface area contributed by atoms with Gasteiger partial charge >= 0.3 is 0 Å². The zero-order valence-corrected chi connectivity index (χ0v) is 18.4. The average Bonchev–Trinajstić information content (AvgIpc) is 3.20. The van der Waals surface area contributed by atoms with E-state index in [2.05, 4.69) is 10.0 Å². The molecule has 2 atom stereocenters. The largest absolute Gasteiger partial charge is 0.384 e. The highest BCUT2D eigenvalue weighted by atomic mass is 32.2. The van der Waals surface area contributed by atoms with Crippen molar-refractivity contribution >= 4 is 27.5 Å². The lowest BCUT2D eigenvalue weighted by Gasteiger charge is -2.29. The number of nitrogens with one attached hydrogen (secondary N) is 3. The van der Waals surface area contributed by atoms with Gasteiger partial charge in [-0.25, -0.2) is 13.1 Å². The van der Waals surface area contributed by atoms with E-state index < -0.39 is 16.1 Å². The first-order valence-electron chi connectivity index (χ1n) is 10.2. The Hall–Kier alpha value is -2.91. The highest BCUT2D eigenvalue weighted by Gasteiger charge is 2.34. The van der Waals surface area contributed by atoms with Gasteiger partial charge in [-0.1, -0.05) is 30.3 Å². The van der Waals surface area contributed by atoms with Crippen LogP contribution in [-0.2, 0) is 21.2 Å². The van der Waals surface area contributed by atoms with Crippen molar-refractivity contribution in [1.82, 2.24) is 9.62 Å². The summed E-state index contributed by atoms with van der Waals surface area (Å²) in [7, 11) is -3.54. The Balaban J connectivity index is 1.68. The highest BCUT2D eigenvalue weighted by Crippen LogP contribution is 2.21. The Bertz CT molecular complexity index is 1010. The van der Waals surface area contributed by atoms with Gasteiger partial charge in [0, 0.05) is 30.4 Å². The number of anilines is 1. The zero-order valence-electron chi connectivity index (χ0n) is 17.5. The smallest absolute Gasteiger partial charge is 0.241 e. The third-order valence-electron chi connectivity index (χ3n) is 5.34. The van der Waals surface area contributed by atoms with E-state index in [4.69, 9.17) is 11.1 Å². The number of benzene rings is 2. The van der Waals surface area contributed by atoms with Crippen LogP contribution in [0.2, 0.25) is 0 Å². The maximum absolute atomic E-state index is 13.3. The van der Waals surface area contributed by atoms with Gasteiger partial charge in [0.05, 0.1) is 6.26 Å². The average molecular weight is 444 g/mol. The van der Waals surface area contributed by atoms with E-state index in [-0.39, 0.29) is 17.8 Å². The number of nitrogens with zero attached hydrogens (tertiary/aromatic N) is 1. The van der Waals surface area contributed by atoms with Gasteiger partial charge in [0.2, 0.25) is 15.9 Å². The van der Waals surface area contributed by atoms with Crippen LogP contribution < -0.4 is 15.8 Å². The Morgan fingerprint density at radius 2 is 1.87 bits per heavy atom. The molecule has 9 heteroatoms. The van der Waals surface area contributed by atoms with Crippen LogP contribution in [0.15, 0.2) is 54.6 Å². The minimum Gasteiger partial charge on any atom is -0.384 e. The zero-order chi connectivity index (χ0) is 22.4. The monoisotopic (exact) mass is 443 g/mol. The lowest BCUT2D eigenvalue weighted by molar-refractivity contribution is -0.133. The number of hydrogen-bond acceptors (Lipinski definition) is 5. The van der Waals surface area contributed by atoms with Gasteiger partial charge < -0.3 is 16.0 Å². The van der Waals surface area contributed by atoms with E-state index in [0.717, 1.165) is 30.3 Å². The first-order chi connectivity index (χ1) is 14.7. The van der Waals surface area contributed by atoms with Gasteiger partial charge in [0.25, 0.3) is 0 Å². The predicted octanol–water partition coefficient (Wildman–Crippen LogP) is 1.53. The topological polar surface area (TPSA) is 128 Å². The first-order valence-corrected chi connectivity index (χ1v) is 12.1. The molecule has 0 aliphatic carbocycles. The van der Waals surface area contributed by atoms with Crippen molar-refractivity contribution in [2.75, 3.05) is 24.7 Å². The summed E-state index contributed by atoms with van der Waals surface area (Å²) in [5, 5.41) is 10.8. The normalized spacial score (nSPS) is 17.3. The lowest BCUT2D eigenvalue weighted by Crippen LogP contribution is -2.52. The number of carbonyl (C=O) groups is 1. The first kappa shape index (κ1) is 22.8. The Morgan fingerprint density at radius 1 is 1.19 bits per heavy atom. The summed E-state index contributed by atoms with van der Waals surface area (Å²) in [4.78, 5) is 15.1. The minimum atomic E-state index is -3.54. The SMILES string of the molecule is CS(=O)(=O)N[C@H](Cc1ccccc1)C(=O)N1CCC[C@H]1CNc1ccc(C(=N)N)cc1. The van der Waals surface area contributed by atoms with Crippen LogP contribution >= 0.6 is 0 Å². The van der Waals surface area contributed by atoms with Crippen LogP contribution in [0.3, 0.4) is 0 Å². The van der Waals surface area contributed by atoms with Gasteiger partial charge in [-0.05, 0) is 49.1 Å². The number of hydrogen-bond donors (Lipinski definition) is 4. The summed E-state index contributed by atoms with van der Waals surface area (Å²) in [5.41, 5.74) is 7.91. The molecule has 5 N–H and O–H groups in total. The summed E-state index contributed by atoms with van der Waals surface area (Å²) in [6.45, 7) is 1.16. The summed E-state index contributed by atoms with van der Waals surface area (Å²) in [6, 6.07) is 15.8. The summed E-state index contributed by atoms with van der Waals surface area (Å²) in [6.07, 6.45) is 3.10. The number of amidine groups is 1. The van der Waals surface area contributed by atoms with Crippen molar-refractivity contribution in [3.8, 4) is 0 Å². The molecular formula is C22H29N5O3S. The minimum absolute atomic E-state index is 0.0157. The van der Waals surface area contributed by atoms with Crippen LogP contribution in [0, 0.1) is 5.41 Å². The van der Waals surface area contributed by atoms with Crippen molar-refractivity contribution in [3.63, 3.8) is 0 Å². The number of nitrogens with two attached hydrogens (primary N) is 1. The Kier molecular flexibility index (Phi) is 7.29. The lowest BCUT2D eigenvalue weighted by atomic mass is 10.1. The molecule has 1 fully saturated rings. The number of sulfonamides is 1. The van der Waals surface area contributed by atoms with Crippen LogP contribution in [0.4, 0.5) is 5.69 Å². The molecular weight excluding hydrogens is 414 g/mol. The second kappa shape index (κ2) is 9.93. The van der Waals surface area contributed by atoms with E-state index in [0.29, 0.717) is 25.1 Å². The van der Waals surface area contributed by atoms with Crippen molar-refractivity contribution in [1.29, 1.82) is 5.41 Å². The van der Waals surface area contributed by atoms with Gasteiger partial charge in [-0.2, -0.15) is 0 Å². The molecule has 0 radical (unpaired) electrons. The van der Waals surface area contributed by atoms with Crippen molar-refractivity contribution in [2.45, 2.75) is 31.3 Å². The second-order valence-electron chi connectivity index (χ2n) is 7.83. The molecule has 1 saturated heterocycles. The fourth-order valence-corrected chi connectivity index (χ4v) is 4.53. The number of nitrogen functional groups attached to an aromatic ring is 1. The molecule has 8 nitrogen and oxygen atoms in total. The molecule has 0 aromatic heterocycles. The van der Waals surface area contributed by atoms with Gasteiger partial charge in [0.15, 0.2) is 0 Å². The molecule has 0 saturated carbocycles. The molecule has 0 spiro atoms. The molecule has 1 amide bonds. The quantitative estimate of drug-likeness (QED) is 0.345. The molecule has 1 aliphatic rings. The highest BCUT2D eigenvalue weighted by molar-refractivity contribution is 7.88. The van der Waals surface area contributed by atoms with E-state index in [1.807, 2.05) is 42.5 Å². The molecule has 1 aliphatic heterocycles. The van der Waals surface area contributed by atoms with E-state index in [1.54, 1.807) is 17.0 Å². The van der Waals surface area contributed by atoms with E-state index in [1.165, 1.54) is 0 Å². The maximum atomic E-state index is 13.3. The van der Waals surface area contributed by atoms with Gasteiger partial charge in [0.1, 0.15) is 11.9 Å².